The Hall–Kier alpha value is -4.73. The molecular formula is C37H41N5O4. The zero-order chi connectivity index (χ0) is 32.3. The molecule has 46 heavy (non-hydrogen) atoms. The molecule has 0 aliphatic carbocycles. The van der Waals surface area contributed by atoms with Crippen LogP contribution in [0.25, 0.3) is 21.9 Å². The number of amides is 4. The molecule has 4 aromatic carbocycles. The summed E-state index contributed by atoms with van der Waals surface area (Å²) >= 11 is 0. The lowest BCUT2D eigenvalue weighted by Gasteiger charge is -2.28. The number of nitrogens with one attached hydrogen (secondary N) is 2. The van der Waals surface area contributed by atoms with Gasteiger partial charge in [0.2, 0.25) is 11.8 Å². The number of carbonyl (C=O) groups excluding carboxylic acids is 3. The van der Waals surface area contributed by atoms with Gasteiger partial charge in [-0.15, -0.1) is 0 Å². The van der Waals surface area contributed by atoms with E-state index in [1.807, 2.05) is 54.6 Å². The van der Waals surface area contributed by atoms with E-state index in [-0.39, 0.29) is 17.8 Å². The van der Waals surface area contributed by atoms with Crippen molar-refractivity contribution in [2.45, 2.75) is 51.4 Å². The van der Waals surface area contributed by atoms with Crippen LogP contribution in [0.4, 0.5) is 10.5 Å². The van der Waals surface area contributed by atoms with Gasteiger partial charge in [0.05, 0.1) is 25.3 Å². The molecule has 0 unspecified atom stereocenters. The molecule has 2 aliphatic rings. The molecule has 4 amide bonds. The Morgan fingerprint density at radius 2 is 1.65 bits per heavy atom. The molecule has 0 radical (unpaired) electrons. The van der Waals surface area contributed by atoms with Gasteiger partial charge in [-0.1, -0.05) is 78.9 Å². The van der Waals surface area contributed by atoms with Crippen molar-refractivity contribution in [3.63, 3.8) is 0 Å². The SMILES string of the molecule is CC(C)(N)C(=O)N[C@@H]1CCc2c(ccc3ccccc23)N(Cc2ccc(-c3ccccc3CNC(=O)N3CCOCC3)cc2)C1=O. The van der Waals surface area contributed by atoms with Crippen molar-refractivity contribution in [2.75, 3.05) is 31.2 Å². The lowest BCUT2D eigenvalue weighted by atomic mass is 9.97. The number of fused-ring (bicyclic) bond motifs is 3. The summed E-state index contributed by atoms with van der Waals surface area (Å²) < 4.78 is 5.36. The monoisotopic (exact) mass is 619 g/mol. The third kappa shape index (κ3) is 6.76. The van der Waals surface area contributed by atoms with Crippen molar-refractivity contribution < 1.29 is 19.1 Å². The van der Waals surface area contributed by atoms with E-state index in [0.717, 1.165) is 44.3 Å². The number of hydrogen-bond acceptors (Lipinski definition) is 5. The van der Waals surface area contributed by atoms with E-state index in [1.165, 1.54) is 0 Å². The summed E-state index contributed by atoms with van der Waals surface area (Å²) in [7, 11) is 0. The van der Waals surface area contributed by atoms with Crippen LogP contribution in [-0.2, 0) is 33.8 Å². The van der Waals surface area contributed by atoms with Gasteiger partial charge >= 0.3 is 6.03 Å². The Kier molecular flexibility index (Phi) is 9.05. The van der Waals surface area contributed by atoms with Gasteiger partial charge in [-0.3, -0.25) is 9.59 Å². The molecular weight excluding hydrogens is 578 g/mol. The van der Waals surface area contributed by atoms with E-state index in [9.17, 15) is 14.4 Å². The second kappa shape index (κ2) is 13.3. The first-order valence-electron chi connectivity index (χ1n) is 15.9. The molecule has 0 aromatic heterocycles. The van der Waals surface area contributed by atoms with Crippen LogP contribution in [0.1, 0.15) is 37.0 Å². The van der Waals surface area contributed by atoms with Gasteiger partial charge in [0.25, 0.3) is 0 Å². The zero-order valence-electron chi connectivity index (χ0n) is 26.4. The molecule has 238 valence electrons. The minimum absolute atomic E-state index is 0.0897. The largest absolute Gasteiger partial charge is 0.378 e. The predicted octanol–water partition coefficient (Wildman–Crippen LogP) is 4.75. The van der Waals surface area contributed by atoms with Crippen LogP contribution in [0.5, 0.6) is 0 Å². The van der Waals surface area contributed by atoms with Gasteiger partial charge in [-0.05, 0) is 71.3 Å². The second-order valence-electron chi connectivity index (χ2n) is 12.6. The molecule has 1 atom stereocenters. The lowest BCUT2D eigenvalue weighted by Crippen LogP contribution is -2.56. The fraction of sp³-hybridized carbons (Fsp3) is 0.324. The summed E-state index contributed by atoms with van der Waals surface area (Å²) in [4.78, 5) is 43.2. The Bertz CT molecular complexity index is 1740. The van der Waals surface area contributed by atoms with Gasteiger partial charge in [0.1, 0.15) is 6.04 Å². The fourth-order valence-electron chi connectivity index (χ4n) is 6.18. The standard InChI is InChI=1S/C37H41N5O4/c1-37(2,38)35(44)40-32-17-16-31-30-10-6-3-7-26(30)15-18-33(31)42(34(32)43)24-25-11-13-27(14-12-25)29-9-5-4-8-28(29)23-39-36(45)41-19-21-46-22-20-41/h3-15,18,32H,16-17,19-24,38H2,1-2H3,(H,39,45)(H,40,44)/t32-/m1/s1. The Morgan fingerprint density at radius 3 is 2.41 bits per heavy atom. The molecule has 0 spiro atoms. The second-order valence-corrected chi connectivity index (χ2v) is 12.6. The van der Waals surface area contributed by atoms with Gasteiger partial charge < -0.3 is 30.9 Å². The third-order valence-corrected chi connectivity index (χ3v) is 8.80. The Morgan fingerprint density at radius 1 is 0.935 bits per heavy atom. The quantitative estimate of drug-likeness (QED) is 0.276. The molecule has 6 rings (SSSR count). The summed E-state index contributed by atoms with van der Waals surface area (Å²) in [5.74, 6) is -0.511. The minimum atomic E-state index is -1.10. The number of hydrogen-bond donors (Lipinski definition) is 3. The number of carbonyl (C=O) groups is 3. The van der Waals surface area contributed by atoms with Gasteiger partial charge in [0.15, 0.2) is 0 Å². The van der Waals surface area contributed by atoms with Crippen molar-refractivity contribution >= 4 is 34.3 Å². The number of benzene rings is 4. The van der Waals surface area contributed by atoms with Crippen LogP contribution >= 0.6 is 0 Å². The third-order valence-electron chi connectivity index (χ3n) is 8.80. The van der Waals surface area contributed by atoms with Crippen molar-refractivity contribution in [2.24, 2.45) is 5.73 Å². The first kappa shape index (κ1) is 31.3. The number of rotatable bonds is 7. The molecule has 9 heteroatoms. The molecule has 0 saturated carbocycles. The predicted molar refractivity (Wildman–Crippen MR) is 180 cm³/mol. The number of anilines is 1. The van der Waals surface area contributed by atoms with Crippen LogP contribution in [0.3, 0.4) is 0 Å². The maximum atomic E-state index is 14.1. The molecule has 0 bridgehead atoms. The van der Waals surface area contributed by atoms with Crippen molar-refractivity contribution in [1.29, 1.82) is 0 Å². The van der Waals surface area contributed by atoms with Gasteiger partial charge in [-0.25, -0.2) is 4.79 Å². The fourth-order valence-corrected chi connectivity index (χ4v) is 6.18. The van der Waals surface area contributed by atoms with Crippen LogP contribution in [-0.4, -0.2) is 60.6 Å². The highest BCUT2D eigenvalue weighted by atomic mass is 16.5. The van der Waals surface area contributed by atoms with E-state index < -0.39 is 11.6 Å². The van der Waals surface area contributed by atoms with E-state index in [0.29, 0.717) is 52.2 Å². The highest BCUT2D eigenvalue weighted by Crippen LogP contribution is 2.35. The Labute approximate surface area is 269 Å². The molecule has 4 aromatic rings. The highest BCUT2D eigenvalue weighted by molar-refractivity contribution is 6.04. The van der Waals surface area contributed by atoms with Crippen LogP contribution in [0, 0.1) is 0 Å². The minimum Gasteiger partial charge on any atom is -0.378 e. The number of nitrogens with two attached hydrogens (primary N) is 1. The summed E-state index contributed by atoms with van der Waals surface area (Å²) in [6.07, 6.45) is 1.13. The maximum absolute atomic E-state index is 14.1. The molecule has 1 saturated heterocycles. The number of urea groups is 1. The van der Waals surface area contributed by atoms with Crippen molar-refractivity contribution in [1.82, 2.24) is 15.5 Å². The maximum Gasteiger partial charge on any atom is 0.317 e. The van der Waals surface area contributed by atoms with Crippen LogP contribution in [0.15, 0.2) is 84.9 Å². The highest BCUT2D eigenvalue weighted by Gasteiger charge is 2.34. The van der Waals surface area contributed by atoms with Gasteiger partial charge in [0, 0.05) is 25.3 Å². The van der Waals surface area contributed by atoms with Crippen LogP contribution < -0.4 is 21.3 Å². The zero-order valence-corrected chi connectivity index (χ0v) is 26.4. The first-order valence-corrected chi connectivity index (χ1v) is 15.9. The number of ether oxygens (including phenoxy) is 1. The number of nitrogens with zero attached hydrogens (tertiary/aromatic N) is 2. The average molecular weight is 620 g/mol. The number of morpholine rings is 1. The normalized spacial score (nSPS) is 16.9. The summed E-state index contributed by atoms with van der Waals surface area (Å²) in [5, 5.41) is 8.21. The van der Waals surface area contributed by atoms with Crippen LogP contribution in [0.2, 0.25) is 0 Å². The summed E-state index contributed by atoms with van der Waals surface area (Å²) in [6.45, 7) is 6.34. The van der Waals surface area contributed by atoms with Crippen molar-refractivity contribution in [3.8, 4) is 11.1 Å². The first-order chi connectivity index (χ1) is 22.2. The average Bonchev–Trinajstić information content (AvgIpc) is 3.20. The Balaban J connectivity index is 1.25. The molecule has 9 nitrogen and oxygen atoms in total. The van der Waals surface area contributed by atoms with E-state index in [2.05, 4.69) is 41.0 Å². The summed E-state index contributed by atoms with van der Waals surface area (Å²) in [5.41, 5.74) is 11.0. The number of aryl methyl sites for hydroxylation is 1. The molecule has 2 heterocycles. The molecule has 1 fully saturated rings. The summed E-state index contributed by atoms with van der Waals surface area (Å²) in [6, 6.07) is 27.7. The van der Waals surface area contributed by atoms with Gasteiger partial charge in [-0.2, -0.15) is 0 Å². The smallest absolute Gasteiger partial charge is 0.317 e. The van der Waals surface area contributed by atoms with E-state index >= 15 is 0 Å². The molecule has 4 N–H and O–H groups in total. The van der Waals surface area contributed by atoms with E-state index in [4.69, 9.17) is 10.5 Å². The lowest BCUT2D eigenvalue weighted by molar-refractivity contribution is -0.130. The van der Waals surface area contributed by atoms with E-state index in [1.54, 1.807) is 23.6 Å². The van der Waals surface area contributed by atoms with Crippen molar-refractivity contribution in [3.05, 3.63) is 102 Å². The molecule has 2 aliphatic heterocycles. The topological polar surface area (TPSA) is 117 Å².